The summed E-state index contributed by atoms with van der Waals surface area (Å²) in [5.74, 6) is -0.0365. The van der Waals surface area contributed by atoms with E-state index in [0.717, 1.165) is 47.9 Å². The van der Waals surface area contributed by atoms with E-state index >= 15 is 0 Å². The molecule has 0 saturated heterocycles. The van der Waals surface area contributed by atoms with E-state index in [-0.39, 0.29) is 30.0 Å². The number of anilines is 1. The molecule has 2 atom stereocenters. The van der Waals surface area contributed by atoms with Crippen molar-refractivity contribution in [2.45, 2.75) is 89.4 Å². The monoisotopic (exact) mass is 511 g/mol. The third-order valence-electron chi connectivity index (χ3n) is 7.98. The zero-order chi connectivity index (χ0) is 26.6. The van der Waals surface area contributed by atoms with Gasteiger partial charge in [0.25, 0.3) is 0 Å². The maximum atomic E-state index is 14.1. The van der Waals surface area contributed by atoms with Gasteiger partial charge in [-0.25, -0.2) is 4.68 Å². The summed E-state index contributed by atoms with van der Waals surface area (Å²) >= 11 is 0. The summed E-state index contributed by atoms with van der Waals surface area (Å²) in [5.41, 5.74) is 2.95. The van der Waals surface area contributed by atoms with E-state index in [9.17, 15) is 18.0 Å². The largest absolute Gasteiger partial charge is 0.410 e. The van der Waals surface area contributed by atoms with Crippen molar-refractivity contribution in [2.24, 2.45) is 0 Å². The number of fused-ring (bicyclic) bond motifs is 1. The quantitative estimate of drug-likeness (QED) is 0.279. The molecule has 198 valence electrons. The molecule has 4 rings (SSSR count). The highest BCUT2D eigenvalue weighted by molar-refractivity contribution is 6.01. The fourth-order valence-electron chi connectivity index (χ4n) is 5.49. The Hall–Kier alpha value is -3.09. The number of alkyl halides is 3. The van der Waals surface area contributed by atoms with Crippen LogP contribution in [0, 0.1) is 0 Å². The number of aryl methyl sites for hydroxylation is 1. The van der Waals surface area contributed by atoms with Gasteiger partial charge in [0.15, 0.2) is 11.8 Å². The Labute approximate surface area is 217 Å². The van der Waals surface area contributed by atoms with E-state index in [0.29, 0.717) is 0 Å². The van der Waals surface area contributed by atoms with Crippen LogP contribution in [0.5, 0.6) is 0 Å². The number of benzene rings is 2. The van der Waals surface area contributed by atoms with Gasteiger partial charge in [-0.15, -0.1) is 0 Å². The van der Waals surface area contributed by atoms with Crippen molar-refractivity contribution in [3.8, 4) is 0 Å². The average Bonchev–Trinajstić information content (AvgIpc) is 3.34. The van der Waals surface area contributed by atoms with Crippen LogP contribution < -0.4 is 5.32 Å². The minimum Gasteiger partial charge on any atom is -0.363 e. The smallest absolute Gasteiger partial charge is 0.363 e. The number of nitrogens with one attached hydrogen (secondary N) is 1. The number of aromatic nitrogens is 2. The van der Waals surface area contributed by atoms with Crippen LogP contribution in [0.1, 0.15) is 98.4 Å². The van der Waals surface area contributed by atoms with Crippen LogP contribution in [0.4, 0.5) is 19.0 Å². The maximum Gasteiger partial charge on any atom is 0.410 e. The molecule has 1 aliphatic rings. The topological polar surface area (TPSA) is 46.9 Å². The van der Waals surface area contributed by atoms with Crippen LogP contribution >= 0.6 is 0 Å². The summed E-state index contributed by atoms with van der Waals surface area (Å²) in [6.45, 7) is 6.31. The lowest BCUT2D eigenvalue weighted by Crippen LogP contribution is -2.36. The summed E-state index contributed by atoms with van der Waals surface area (Å²) in [6, 6.07) is 15.2. The number of rotatable bonds is 10. The van der Waals surface area contributed by atoms with Crippen LogP contribution in [0.25, 0.3) is 0 Å². The summed E-state index contributed by atoms with van der Waals surface area (Å²) in [4.78, 5) is 13.7. The van der Waals surface area contributed by atoms with Crippen molar-refractivity contribution in [3.63, 3.8) is 0 Å². The zero-order valence-electron chi connectivity index (χ0n) is 21.8. The number of hydrogen-bond donors (Lipinski definition) is 1. The predicted octanol–water partition coefficient (Wildman–Crippen LogP) is 8.22. The highest BCUT2D eigenvalue weighted by atomic mass is 19.4. The lowest BCUT2D eigenvalue weighted by Gasteiger charge is -2.35. The second-order valence-corrected chi connectivity index (χ2v) is 10.1. The first-order valence-corrected chi connectivity index (χ1v) is 13.3. The number of Topliss-reactive ketones (excluding diaryl/α,β-unsaturated/α-hetero) is 1. The summed E-state index contributed by atoms with van der Waals surface area (Å²) in [5, 5.41) is 7.27. The molecule has 0 amide bonds. The highest BCUT2D eigenvalue weighted by Gasteiger charge is 2.47. The molecule has 0 aliphatic carbocycles. The zero-order valence-corrected chi connectivity index (χ0v) is 21.8. The van der Waals surface area contributed by atoms with Gasteiger partial charge in [-0.3, -0.25) is 4.79 Å². The molecule has 0 bridgehead atoms. The molecule has 0 spiro atoms. The van der Waals surface area contributed by atoms with Gasteiger partial charge < -0.3 is 5.32 Å². The molecule has 0 saturated carbocycles. The Kier molecular flexibility index (Phi) is 8.10. The SMILES string of the molecule is CCCCc1ccc(C(CC)(CC)CC(=O)c2cnn3c2NC(c2ccccc2)CC3C(F)(F)F)cc1. The molecule has 2 unspecified atom stereocenters. The molecule has 2 heterocycles. The fraction of sp³-hybridized carbons (Fsp3) is 0.467. The standard InChI is InChI=1S/C30H36F3N3O/c1-4-7-11-21-14-16-23(17-15-21)29(5-2,6-3)19-26(37)24-20-34-36-27(30(31,32)33)18-25(35-28(24)36)22-12-9-8-10-13-22/h8-10,12-17,20,25,27,35H,4-7,11,18-19H2,1-3H3. The molecule has 0 radical (unpaired) electrons. The van der Waals surface area contributed by atoms with E-state index in [1.54, 1.807) is 0 Å². The van der Waals surface area contributed by atoms with Crippen LogP contribution in [0.15, 0.2) is 60.8 Å². The number of unbranched alkanes of at least 4 members (excludes halogenated alkanes) is 1. The third kappa shape index (κ3) is 5.60. The van der Waals surface area contributed by atoms with Crippen LogP contribution in [-0.2, 0) is 11.8 Å². The molecular weight excluding hydrogens is 475 g/mol. The van der Waals surface area contributed by atoms with Crippen LogP contribution in [-0.4, -0.2) is 21.7 Å². The molecule has 0 fully saturated rings. The maximum absolute atomic E-state index is 14.1. The first-order chi connectivity index (χ1) is 17.7. The van der Waals surface area contributed by atoms with Gasteiger partial charge in [-0.05, 0) is 42.4 Å². The third-order valence-corrected chi connectivity index (χ3v) is 7.98. The van der Waals surface area contributed by atoms with Gasteiger partial charge in [-0.1, -0.05) is 81.8 Å². The molecule has 1 N–H and O–H groups in total. The number of ketones is 1. The van der Waals surface area contributed by atoms with E-state index in [4.69, 9.17) is 0 Å². The van der Waals surface area contributed by atoms with E-state index in [1.807, 2.05) is 30.3 Å². The van der Waals surface area contributed by atoms with Crippen molar-refractivity contribution in [1.82, 2.24) is 9.78 Å². The fourth-order valence-corrected chi connectivity index (χ4v) is 5.49. The Morgan fingerprint density at radius 2 is 1.70 bits per heavy atom. The van der Waals surface area contributed by atoms with Gasteiger partial charge in [0, 0.05) is 18.3 Å². The van der Waals surface area contributed by atoms with Gasteiger partial charge in [0.2, 0.25) is 0 Å². The normalized spacial score (nSPS) is 17.8. The predicted molar refractivity (Wildman–Crippen MR) is 141 cm³/mol. The van der Waals surface area contributed by atoms with Gasteiger partial charge in [-0.2, -0.15) is 18.3 Å². The Bertz CT molecular complexity index is 1180. The number of carbonyl (C=O) groups excluding carboxylic acids is 1. The van der Waals surface area contributed by atoms with Gasteiger partial charge in [0.05, 0.1) is 17.8 Å². The molecule has 7 heteroatoms. The first kappa shape index (κ1) is 27.0. The summed E-state index contributed by atoms with van der Waals surface area (Å²) in [6.07, 6.45) is 1.64. The summed E-state index contributed by atoms with van der Waals surface area (Å²) in [7, 11) is 0. The number of hydrogen-bond acceptors (Lipinski definition) is 3. The van der Waals surface area contributed by atoms with Crippen molar-refractivity contribution in [3.05, 3.63) is 83.0 Å². The number of halogens is 3. The van der Waals surface area contributed by atoms with Crippen LogP contribution in [0.3, 0.4) is 0 Å². The highest BCUT2D eigenvalue weighted by Crippen LogP contribution is 2.45. The minimum absolute atomic E-state index is 0.156. The lowest BCUT2D eigenvalue weighted by molar-refractivity contribution is -0.173. The molecule has 4 nitrogen and oxygen atoms in total. The first-order valence-electron chi connectivity index (χ1n) is 13.3. The molecule has 3 aromatic rings. The molecular formula is C30H36F3N3O. The number of carbonyl (C=O) groups is 1. The van der Waals surface area contributed by atoms with E-state index in [1.165, 1.54) is 11.8 Å². The minimum atomic E-state index is -4.48. The lowest BCUT2D eigenvalue weighted by atomic mass is 9.71. The molecule has 1 aliphatic heterocycles. The Morgan fingerprint density at radius 3 is 2.30 bits per heavy atom. The number of nitrogens with zero attached hydrogens (tertiary/aromatic N) is 2. The second kappa shape index (κ2) is 11.1. The van der Waals surface area contributed by atoms with Crippen molar-refractivity contribution < 1.29 is 18.0 Å². The van der Waals surface area contributed by atoms with Crippen molar-refractivity contribution >= 4 is 11.6 Å². The Morgan fingerprint density at radius 1 is 1.03 bits per heavy atom. The summed E-state index contributed by atoms with van der Waals surface area (Å²) < 4.78 is 43.1. The molecule has 2 aromatic carbocycles. The van der Waals surface area contributed by atoms with E-state index in [2.05, 4.69) is 55.5 Å². The molecule has 1 aromatic heterocycles. The van der Waals surface area contributed by atoms with Crippen LogP contribution in [0.2, 0.25) is 0 Å². The van der Waals surface area contributed by atoms with Crippen molar-refractivity contribution in [1.29, 1.82) is 0 Å². The molecule has 37 heavy (non-hydrogen) atoms. The Balaban J connectivity index is 1.65. The second-order valence-electron chi connectivity index (χ2n) is 10.1. The van der Waals surface area contributed by atoms with Crippen molar-refractivity contribution in [2.75, 3.05) is 5.32 Å². The van der Waals surface area contributed by atoms with E-state index < -0.39 is 23.7 Å². The average molecular weight is 512 g/mol. The van der Waals surface area contributed by atoms with Gasteiger partial charge in [0.1, 0.15) is 5.82 Å². The van der Waals surface area contributed by atoms with Gasteiger partial charge >= 0.3 is 6.18 Å².